The minimum atomic E-state index is -1.19. The summed E-state index contributed by atoms with van der Waals surface area (Å²) in [6, 6.07) is 5.75. The lowest BCUT2D eigenvalue weighted by Gasteiger charge is -2.34. The van der Waals surface area contributed by atoms with Gasteiger partial charge in [0.25, 0.3) is 0 Å². The molecular formula is C21H29NO6S. The highest BCUT2D eigenvalue weighted by atomic mass is 32.2. The van der Waals surface area contributed by atoms with E-state index in [4.69, 9.17) is 18.9 Å². The van der Waals surface area contributed by atoms with E-state index < -0.39 is 16.6 Å². The molecule has 1 amide bonds. The van der Waals surface area contributed by atoms with Gasteiger partial charge in [0.1, 0.15) is 5.75 Å². The molecule has 29 heavy (non-hydrogen) atoms. The first-order valence-electron chi connectivity index (χ1n) is 9.74. The van der Waals surface area contributed by atoms with Crippen LogP contribution in [0.15, 0.2) is 30.0 Å². The van der Waals surface area contributed by atoms with Gasteiger partial charge in [-0.15, -0.1) is 0 Å². The Morgan fingerprint density at radius 2 is 1.93 bits per heavy atom. The lowest BCUT2D eigenvalue weighted by Crippen LogP contribution is -2.39. The number of hydrogen-bond acceptors (Lipinski definition) is 6. The Morgan fingerprint density at radius 1 is 1.21 bits per heavy atom. The molecule has 1 aromatic rings. The van der Waals surface area contributed by atoms with Gasteiger partial charge in [-0.25, -0.2) is 0 Å². The van der Waals surface area contributed by atoms with E-state index in [2.05, 4.69) is 0 Å². The molecule has 0 aromatic heterocycles. The third-order valence-corrected chi connectivity index (χ3v) is 5.92. The van der Waals surface area contributed by atoms with Crippen molar-refractivity contribution in [3.63, 3.8) is 0 Å². The molecule has 0 bridgehead atoms. The number of methoxy groups -OCH3 is 2. The zero-order chi connectivity index (χ0) is 20.9. The number of amides is 1. The molecule has 2 aliphatic rings. The standard InChI is InChI=1S/C21H29NO6S/c1-25-18-5-4-16(14-19(18)26-2)8-11-22(20(23)15-29(3)24)17-6-9-21(10-7-17)27-12-13-28-21/h4-6,14H,7-13,15H2,1-3H3. The fourth-order valence-corrected chi connectivity index (χ4v) is 4.26. The van der Waals surface area contributed by atoms with E-state index in [9.17, 15) is 9.00 Å². The Balaban J connectivity index is 1.73. The van der Waals surface area contributed by atoms with Crippen molar-refractivity contribution in [3.05, 3.63) is 35.5 Å². The lowest BCUT2D eigenvalue weighted by molar-refractivity contribution is -0.163. The van der Waals surface area contributed by atoms with Crippen LogP contribution < -0.4 is 9.47 Å². The van der Waals surface area contributed by atoms with Gasteiger partial charge in [0.2, 0.25) is 5.91 Å². The molecule has 0 radical (unpaired) electrons. The van der Waals surface area contributed by atoms with Crippen LogP contribution in [0, 0.1) is 0 Å². The van der Waals surface area contributed by atoms with Crippen LogP contribution in [0.5, 0.6) is 11.5 Å². The average molecular weight is 424 g/mol. The topological polar surface area (TPSA) is 74.3 Å². The molecule has 1 saturated heterocycles. The van der Waals surface area contributed by atoms with Crippen molar-refractivity contribution in [3.8, 4) is 11.5 Å². The maximum atomic E-state index is 12.8. The van der Waals surface area contributed by atoms with Crippen molar-refractivity contribution in [1.82, 2.24) is 4.90 Å². The zero-order valence-electron chi connectivity index (χ0n) is 17.3. The smallest absolute Gasteiger partial charge is 0.239 e. The molecule has 1 atom stereocenters. The third-order valence-electron chi connectivity index (χ3n) is 5.27. The maximum absolute atomic E-state index is 12.8. The van der Waals surface area contributed by atoms with E-state index in [1.54, 1.807) is 25.4 Å². The highest BCUT2D eigenvalue weighted by Crippen LogP contribution is 2.36. The molecule has 0 saturated carbocycles. The third kappa shape index (κ3) is 5.38. The number of carbonyl (C=O) groups is 1. The number of rotatable bonds is 8. The van der Waals surface area contributed by atoms with E-state index in [0.717, 1.165) is 11.3 Å². The minimum Gasteiger partial charge on any atom is -0.493 e. The van der Waals surface area contributed by atoms with Crippen molar-refractivity contribution in [2.75, 3.05) is 46.0 Å². The summed E-state index contributed by atoms with van der Waals surface area (Å²) in [4.78, 5) is 14.6. The SMILES string of the molecule is COc1ccc(CCN(C(=O)CS(C)=O)C2=CCC3(CC2)OCCO3)cc1OC. The van der Waals surface area contributed by atoms with E-state index in [1.165, 1.54) is 0 Å². The molecule has 3 rings (SSSR count). The van der Waals surface area contributed by atoms with Gasteiger partial charge in [-0.2, -0.15) is 0 Å². The number of allylic oxidation sites excluding steroid dienone is 1. The molecule has 7 nitrogen and oxygen atoms in total. The van der Waals surface area contributed by atoms with Crippen LogP contribution >= 0.6 is 0 Å². The summed E-state index contributed by atoms with van der Waals surface area (Å²) < 4.78 is 33.8. The second-order valence-electron chi connectivity index (χ2n) is 7.21. The van der Waals surface area contributed by atoms with E-state index in [0.29, 0.717) is 56.9 Å². The second kappa shape index (κ2) is 9.73. The molecule has 1 fully saturated rings. The van der Waals surface area contributed by atoms with Crippen LogP contribution in [0.1, 0.15) is 24.8 Å². The van der Waals surface area contributed by atoms with Crippen molar-refractivity contribution in [2.24, 2.45) is 0 Å². The monoisotopic (exact) mass is 423 g/mol. The number of carbonyl (C=O) groups excluding carboxylic acids is 1. The van der Waals surface area contributed by atoms with Crippen LogP contribution in [-0.2, 0) is 31.5 Å². The Hall–Kier alpha value is -1.90. The molecule has 160 valence electrons. The highest BCUT2D eigenvalue weighted by Gasteiger charge is 2.38. The van der Waals surface area contributed by atoms with Crippen LogP contribution in [-0.4, -0.2) is 66.8 Å². The van der Waals surface area contributed by atoms with Crippen molar-refractivity contribution in [2.45, 2.75) is 31.5 Å². The fourth-order valence-electron chi connectivity index (χ4n) is 3.76. The molecule has 8 heteroatoms. The normalized spacial score (nSPS) is 18.9. The molecule has 1 spiro atoms. The molecule has 1 aromatic carbocycles. The van der Waals surface area contributed by atoms with Gasteiger partial charge in [0.05, 0.1) is 27.4 Å². The average Bonchev–Trinajstić information content (AvgIpc) is 3.16. The summed E-state index contributed by atoms with van der Waals surface area (Å²) in [6.07, 6.45) is 6.26. The zero-order valence-corrected chi connectivity index (χ0v) is 18.1. The first kappa shape index (κ1) is 21.8. The molecule has 1 aliphatic heterocycles. The summed E-state index contributed by atoms with van der Waals surface area (Å²) >= 11 is 0. The van der Waals surface area contributed by atoms with Gasteiger partial charge in [0.15, 0.2) is 17.3 Å². The molecule has 1 unspecified atom stereocenters. The number of ether oxygens (including phenoxy) is 4. The predicted molar refractivity (Wildman–Crippen MR) is 110 cm³/mol. The van der Waals surface area contributed by atoms with E-state index in [1.807, 2.05) is 24.3 Å². The Morgan fingerprint density at radius 3 is 2.52 bits per heavy atom. The Bertz CT molecular complexity index is 787. The van der Waals surface area contributed by atoms with Gasteiger partial charge in [-0.1, -0.05) is 12.1 Å². The van der Waals surface area contributed by atoms with E-state index in [-0.39, 0.29) is 11.7 Å². The fraction of sp³-hybridized carbons (Fsp3) is 0.571. The predicted octanol–water partition coefficient (Wildman–Crippen LogP) is 2.26. The summed E-state index contributed by atoms with van der Waals surface area (Å²) in [7, 11) is 2.01. The largest absolute Gasteiger partial charge is 0.493 e. The Labute approximate surface area is 174 Å². The number of nitrogens with zero attached hydrogens (tertiary/aromatic N) is 1. The van der Waals surface area contributed by atoms with Gasteiger partial charge in [-0.05, 0) is 30.5 Å². The highest BCUT2D eigenvalue weighted by molar-refractivity contribution is 7.85. The summed E-state index contributed by atoms with van der Waals surface area (Å²) in [5.41, 5.74) is 1.99. The molecule has 1 aliphatic carbocycles. The summed E-state index contributed by atoms with van der Waals surface area (Å²) in [6.45, 7) is 1.73. The van der Waals surface area contributed by atoms with Gasteiger partial charge >= 0.3 is 0 Å². The van der Waals surface area contributed by atoms with Crippen LogP contribution in [0.2, 0.25) is 0 Å². The lowest BCUT2D eigenvalue weighted by atomic mass is 9.96. The van der Waals surface area contributed by atoms with E-state index >= 15 is 0 Å². The van der Waals surface area contributed by atoms with Gasteiger partial charge in [-0.3, -0.25) is 9.00 Å². The second-order valence-corrected chi connectivity index (χ2v) is 8.64. The quantitative estimate of drug-likeness (QED) is 0.639. The van der Waals surface area contributed by atoms with Crippen LogP contribution in [0.3, 0.4) is 0 Å². The first-order chi connectivity index (χ1) is 14.0. The van der Waals surface area contributed by atoms with Crippen LogP contribution in [0.25, 0.3) is 0 Å². The van der Waals surface area contributed by atoms with Crippen molar-refractivity contribution in [1.29, 1.82) is 0 Å². The minimum absolute atomic E-state index is 0.0153. The maximum Gasteiger partial charge on any atom is 0.239 e. The molecular weight excluding hydrogens is 394 g/mol. The molecule has 0 N–H and O–H groups in total. The van der Waals surface area contributed by atoms with Crippen molar-refractivity contribution < 1.29 is 28.0 Å². The van der Waals surface area contributed by atoms with Gasteiger partial charge in [0, 0.05) is 42.1 Å². The first-order valence-corrected chi connectivity index (χ1v) is 11.5. The van der Waals surface area contributed by atoms with Crippen molar-refractivity contribution >= 4 is 16.7 Å². The number of benzene rings is 1. The van der Waals surface area contributed by atoms with Crippen LogP contribution in [0.4, 0.5) is 0 Å². The molecule has 1 heterocycles. The summed E-state index contributed by atoms with van der Waals surface area (Å²) in [5, 5.41) is 0. The Kier molecular flexibility index (Phi) is 7.32. The van der Waals surface area contributed by atoms with Gasteiger partial charge < -0.3 is 23.8 Å². The number of hydrogen-bond donors (Lipinski definition) is 0. The summed E-state index contributed by atoms with van der Waals surface area (Å²) in [5.74, 6) is 0.687.